The third kappa shape index (κ3) is 5.16. The Labute approximate surface area is 237 Å². The van der Waals surface area contributed by atoms with E-state index in [0.29, 0.717) is 18.4 Å². The highest BCUT2D eigenvalue weighted by atomic mass is 32.1. The molecule has 4 aromatic heterocycles. The van der Waals surface area contributed by atoms with Gasteiger partial charge in [-0.2, -0.15) is 10.1 Å². The number of aliphatic hydroxyl groups is 1. The number of nitrogens with zero attached hydrogens (tertiary/aromatic N) is 6. The Morgan fingerprint density at radius 2 is 1.82 bits per heavy atom. The molecule has 1 saturated carbocycles. The van der Waals surface area contributed by atoms with Gasteiger partial charge in [0.2, 0.25) is 5.95 Å². The molecule has 9 nitrogen and oxygen atoms in total. The maximum Gasteiger partial charge on any atom is 0.225 e. The number of hydrogen-bond donors (Lipinski definition) is 3. The minimum Gasteiger partial charge on any atom is -0.396 e. The van der Waals surface area contributed by atoms with Crippen LogP contribution in [0.4, 0.5) is 11.8 Å². The highest BCUT2D eigenvalue weighted by molar-refractivity contribution is 7.21. The first kappa shape index (κ1) is 26.3. The number of hydrogen-bond acceptors (Lipinski definition) is 9. The summed E-state index contributed by atoms with van der Waals surface area (Å²) in [7, 11) is 1.98. The second-order valence-corrected chi connectivity index (χ2v) is 11.7. The van der Waals surface area contributed by atoms with Gasteiger partial charge in [0, 0.05) is 43.7 Å². The molecule has 4 heterocycles. The summed E-state index contributed by atoms with van der Waals surface area (Å²) in [4.78, 5) is 18.8. The van der Waals surface area contributed by atoms with Gasteiger partial charge in [-0.1, -0.05) is 24.3 Å². The zero-order chi connectivity index (χ0) is 27.8. The largest absolute Gasteiger partial charge is 0.396 e. The van der Waals surface area contributed by atoms with Crippen LogP contribution in [0.1, 0.15) is 41.9 Å². The topological polar surface area (TPSA) is 114 Å². The van der Waals surface area contributed by atoms with Crippen LogP contribution in [0, 0.1) is 26.7 Å². The molecule has 5 aromatic rings. The Bertz CT molecular complexity index is 1630. The Balaban J connectivity index is 1.26. The third-order valence-electron chi connectivity index (χ3n) is 7.84. The van der Waals surface area contributed by atoms with Crippen LogP contribution in [0.3, 0.4) is 0 Å². The Kier molecular flexibility index (Phi) is 7.20. The molecular weight excluding hydrogens is 520 g/mol. The van der Waals surface area contributed by atoms with Crippen molar-refractivity contribution in [2.75, 3.05) is 17.2 Å². The number of aliphatic hydroxyl groups excluding tert-OH is 1. The van der Waals surface area contributed by atoms with Gasteiger partial charge in [0.1, 0.15) is 16.3 Å². The first-order valence-electron chi connectivity index (χ1n) is 13.7. The zero-order valence-electron chi connectivity index (χ0n) is 23.3. The third-order valence-corrected chi connectivity index (χ3v) is 8.89. The van der Waals surface area contributed by atoms with Gasteiger partial charge >= 0.3 is 0 Å². The van der Waals surface area contributed by atoms with Crippen molar-refractivity contribution in [1.82, 2.24) is 29.7 Å². The molecule has 0 spiro atoms. The molecule has 3 N–H and O–H groups in total. The van der Waals surface area contributed by atoms with Crippen LogP contribution in [0.25, 0.3) is 31.9 Å². The number of fused-ring (bicyclic) bond motifs is 1. The number of pyridine rings is 1. The predicted molar refractivity (Wildman–Crippen MR) is 160 cm³/mol. The second-order valence-electron chi connectivity index (χ2n) is 10.6. The summed E-state index contributed by atoms with van der Waals surface area (Å²) in [6, 6.07) is 10.8. The Morgan fingerprint density at radius 1 is 1.00 bits per heavy atom. The molecule has 206 valence electrons. The standard InChI is InChI=1S/C30H34N8OS/c1-17-27(29-35-24-15-31-12-11-25(24)40-29)28(34-23-10-7-21(13-23)16-39)36-30(33-17)32-14-20-5-8-22(9-6-20)26-18(2)37-38(4)19(26)3/h5-6,8-9,11-12,15,21,23,39H,7,10,13-14,16H2,1-4H3,(H2,32,33,34,36). The maximum absolute atomic E-state index is 9.66. The maximum atomic E-state index is 9.66. The van der Waals surface area contributed by atoms with E-state index in [4.69, 9.17) is 15.0 Å². The fourth-order valence-corrected chi connectivity index (χ4v) is 6.66. The van der Waals surface area contributed by atoms with Crippen LogP contribution in [-0.4, -0.2) is 47.5 Å². The van der Waals surface area contributed by atoms with Crippen LogP contribution < -0.4 is 10.6 Å². The average molecular weight is 555 g/mol. The molecule has 2 unspecified atom stereocenters. The lowest BCUT2D eigenvalue weighted by Crippen LogP contribution is -2.19. The minimum absolute atomic E-state index is 0.226. The van der Waals surface area contributed by atoms with Crippen LogP contribution in [0.15, 0.2) is 42.7 Å². The quantitative estimate of drug-likeness (QED) is 0.225. The van der Waals surface area contributed by atoms with Crippen LogP contribution in [-0.2, 0) is 13.6 Å². The molecule has 0 bridgehead atoms. The van der Waals surface area contributed by atoms with Gasteiger partial charge in [0.25, 0.3) is 0 Å². The highest BCUT2D eigenvalue weighted by Crippen LogP contribution is 2.38. The highest BCUT2D eigenvalue weighted by Gasteiger charge is 2.26. The van der Waals surface area contributed by atoms with Crippen molar-refractivity contribution in [2.24, 2.45) is 13.0 Å². The lowest BCUT2D eigenvalue weighted by atomic mass is 10.0. The van der Waals surface area contributed by atoms with E-state index in [-0.39, 0.29) is 12.6 Å². The molecular formula is C30H34N8OS. The molecule has 1 aliphatic rings. The molecule has 6 rings (SSSR count). The summed E-state index contributed by atoms with van der Waals surface area (Å²) in [5, 5.41) is 22.2. The van der Waals surface area contributed by atoms with Gasteiger partial charge in [-0.15, -0.1) is 11.3 Å². The van der Waals surface area contributed by atoms with E-state index < -0.39 is 0 Å². The van der Waals surface area contributed by atoms with E-state index >= 15 is 0 Å². The first-order valence-corrected chi connectivity index (χ1v) is 14.5. The zero-order valence-corrected chi connectivity index (χ0v) is 24.1. The van der Waals surface area contributed by atoms with E-state index in [2.05, 4.69) is 51.9 Å². The van der Waals surface area contributed by atoms with Gasteiger partial charge in [-0.05, 0) is 63.1 Å². The second kappa shape index (κ2) is 10.9. The number of anilines is 2. The van der Waals surface area contributed by atoms with Crippen LogP contribution in [0.2, 0.25) is 0 Å². The number of thiazole rings is 1. The molecule has 1 fully saturated rings. The molecule has 0 aliphatic heterocycles. The number of nitrogens with one attached hydrogen (secondary N) is 2. The molecule has 10 heteroatoms. The SMILES string of the molecule is Cc1nc(NCc2ccc(-c3c(C)nn(C)c3C)cc2)nc(NC2CCC(CO)C2)c1-c1nc2cnccc2s1. The van der Waals surface area contributed by atoms with Crippen molar-refractivity contribution >= 4 is 33.3 Å². The summed E-state index contributed by atoms with van der Waals surface area (Å²) in [6.07, 6.45) is 6.52. The molecule has 1 aromatic carbocycles. The average Bonchev–Trinajstić information content (AvgIpc) is 3.65. The van der Waals surface area contributed by atoms with Gasteiger partial charge < -0.3 is 15.7 Å². The van der Waals surface area contributed by atoms with Crippen molar-refractivity contribution in [3.63, 3.8) is 0 Å². The fourth-order valence-electron chi connectivity index (χ4n) is 5.63. The monoisotopic (exact) mass is 554 g/mol. The minimum atomic E-state index is 0.226. The fraction of sp³-hybridized carbons (Fsp3) is 0.367. The first-order chi connectivity index (χ1) is 19.4. The van der Waals surface area contributed by atoms with Gasteiger partial charge in [-0.25, -0.2) is 9.97 Å². The van der Waals surface area contributed by atoms with Crippen molar-refractivity contribution < 1.29 is 5.11 Å². The van der Waals surface area contributed by atoms with E-state index in [1.807, 2.05) is 31.6 Å². The van der Waals surface area contributed by atoms with Crippen molar-refractivity contribution in [3.8, 4) is 21.7 Å². The van der Waals surface area contributed by atoms with Gasteiger partial charge in [-0.3, -0.25) is 9.67 Å². The molecule has 40 heavy (non-hydrogen) atoms. The van der Waals surface area contributed by atoms with Gasteiger partial charge in [0.15, 0.2) is 0 Å². The molecule has 1 aliphatic carbocycles. The van der Waals surface area contributed by atoms with E-state index in [9.17, 15) is 5.11 Å². The normalized spacial score (nSPS) is 17.0. The lowest BCUT2D eigenvalue weighted by Gasteiger charge is -2.18. The molecule has 0 amide bonds. The van der Waals surface area contributed by atoms with Crippen LogP contribution in [0.5, 0.6) is 0 Å². The van der Waals surface area contributed by atoms with Crippen molar-refractivity contribution in [1.29, 1.82) is 0 Å². The number of rotatable bonds is 8. The van der Waals surface area contributed by atoms with Crippen molar-refractivity contribution in [3.05, 3.63) is 65.4 Å². The smallest absolute Gasteiger partial charge is 0.225 e. The summed E-state index contributed by atoms with van der Waals surface area (Å²) in [6.45, 7) is 6.99. The molecule has 2 atom stereocenters. The Hall–Kier alpha value is -3.89. The number of benzene rings is 1. The number of aromatic nitrogens is 6. The predicted octanol–water partition coefficient (Wildman–Crippen LogP) is 5.66. The molecule has 0 radical (unpaired) electrons. The summed E-state index contributed by atoms with van der Waals surface area (Å²) >= 11 is 1.62. The van der Waals surface area contributed by atoms with E-state index in [1.54, 1.807) is 23.7 Å². The van der Waals surface area contributed by atoms with Crippen molar-refractivity contribution in [2.45, 2.75) is 52.6 Å². The van der Waals surface area contributed by atoms with E-state index in [0.717, 1.165) is 68.5 Å². The number of aryl methyl sites for hydroxylation is 3. The lowest BCUT2D eigenvalue weighted by molar-refractivity contribution is 0.229. The van der Waals surface area contributed by atoms with Crippen LogP contribution >= 0.6 is 11.3 Å². The summed E-state index contributed by atoms with van der Waals surface area (Å²) < 4.78 is 3.01. The Morgan fingerprint density at radius 3 is 2.52 bits per heavy atom. The summed E-state index contributed by atoms with van der Waals surface area (Å²) in [5.41, 5.74) is 8.34. The summed E-state index contributed by atoms with van der Waals surface area (Å²) in [5.74, 6) is 1.69. The molecule has 0 saturated heterocycles. The van der Waals surface area contributed by atoms with E-state index in [1.165, 1.54) is 11.1 Å². The van der Waals surface area contributed by atoms with Gasteiger partial charge in [0.05, 0.1) is 27.8 Å².